The predicted octanol–water partition coefficient (Wildman–Crippen LogP) is 1.98. The van der Waals surface area contributed by atoms with Crippen molar-refractivity contribution in [2.75, 3.05) is 32.8 Å². The number of sulfonamides is 1. The van der Waals surface area contributed by atoms with Crippen molar-refractivity contribution in [1.82, 2.24) is 14.9 Å². The SMILES string of the molecule is O=C(CN(C[C@@H]1CCCO1)C(=O)CNS(=O)(=O)c1ccc(Cl)cc1)NCCc1ccccc1. The molecule has 0 aliphatic carbocycles. The molecule has 0 bridgehead atoms. The lowest BCUT2D eigenvalue weighted by molar-refractivity contribution is -0.136. The van der Waals surface area contributed by atoms with Gasteiger partial charge in [0.2, 0.25) is 21.8 Å². The Morgan fingerprint density at radius 3 is 2.48 bits per heavy atom. The minimum absolute atomic E-state index is 0.00373. The molecule has 1 heterocycles. The lowest BCUT2D eigenvalue weighted by atomic mass is 10.1. The van der Waals surface area contributed by atoms with Crippen molar-refractivity contribution in [2.24, 2.45) is 0 Å². The van der Waals surface area contributed by atoms with E-state index in [0.717, 1.165) is 18.4 Å². The molecule has 33 heavy (non-hydrogen) atoms. The Kier molecular flexibility index (Phi) is 9.25. The summed E-state index contributed by atoms with van der Waals surface area (Å²) in [6.07, 6.45) is 2.18. The van der Waals surface area contributed by atoms with Crippen molar-refractivity contribution in [3.05, 3.63) is 65.2 Å². The maximum Gasteiger partial charge on any atom is 0.241 e. The molecule has 0 unspecified atom stereocenters. The molecule has 3 rings (SSSR count). The molecule has 0 radical (unpaired) electrons. The van der Waals surface area contributed by atoms with Crippen LogP contribution in [0.2, 0.25) is 5.02 Å². The Bertz CT molecular complexity index is 1030. The second-order valence-electron chi connectivity index (χ2n) is 7.77. The molecule has 8 nitrogen and oxygen atoms in total. The molecule has 178 valence electrons. The minimum atomic E-state index is -3.89. The van der Waals surface area contributed by atoms with Crippen molar-refractivity contribution in [3.63, 3.8) is 0 Å². The van der Waals surface area contributed by atoms with Crippen LogP contribution >= 0.6 is 11.6 Å². The average Bonchev–Trinajstić information content (AvgIpc) is 3.31. The molecular weight excluding hydrogens is 466 g/mol. The summed E-state index contributed by atoms with van der Waals surface area (Å²) in [5.41, 5.74) is 1.10. The number of rotatable bonds is 11. The standard InChI is InChI=1S/C23H28ClN3O5S/c24-19-8-10-21(11-9-19)33(30,31)26-15-23(29)27(16-20-7-4-14-32-20)17-22(28)25-13-12-18-5-2-1-3-6-18/h1-3,5-6,8-11,20,26H,4,7,12-17H2,(H,25,28)/t20-/m0/s1. The highest BCUT2D eigenvalue weighted by Gasteiger charge is 2.25. The lowest BCUT2D eigenvalue weighted by Crippen LogP contribution is -2.48. The molecule has 2 amide bonds. The van der Waals surface area contributed by atoms with Crippen molar-refractivity contribution < 1.29 is 22.7 Å². The first-order valence-corrected chi connectivity index (χ1v) is 12.6. The van der Waals surface area contributed by atoms with Gasteiger partial charge in [0.25, 0.3) is 0 Å². The maximum atomic E-state index is 12.8. The van der Waals surface area contributed by atoms with Crippen LogP contribution in [-0.4, -0.2) is 64.0 Å². The Balaban J connectivity index is 1.55. The third kappa shape index (κ3) is 8.12. The van der Waals surface area contributed by atoms with Gasteiger partial charge in [-0.25, -0.2) is 13.1 Å². The van der Waals surface area contributed by atoms with Gasteiger partial charge in [0.15, 0.2) is 0 Å². The van der Waals surface area contributed by atoms with Crippen molar-refractivity contribution >= 4 is 33.4 Å². The van der Waals surface area contributed by atoms with Crippen LogP contribution in [0.5, 0.6) is 0 Å². The third-order valence-electron chi connectivity index (χ3n) is 5.25. The summed E-state index contributed by atoms with van der Waals surface area (Å²) >= 11 is 5.81. The number of ether oxygens (including phenoxy) is 1. The summed E-state index contributed by atoms with van der Waals surface area (Å²) < 4.78 is 32.9. The molecule has 2 aromatic rings. The van der Waals surface area contributed by atoms with Gasteiger partial charge in [-0.2, -0.15) is 0 Å². The van der Waals surface area contributed by atoms with Gasteiger partial charge in [0, 0.05) is 24.7 Å². The van der Waals surface area contributed by atoms with E-state index in [1.54, 1.807) is 0 Å². The lowest BCUT2D eigenvalue weighted by Gasteiger charge is -2.25. The highest BCUT2D eigenvalue weighted by Crippen LogP contribution is 2.15. The zero-order valence-corrected chi connectivity index (χ0v) is 19.8. The fourth-order valence-electron chi connectivity index (χ4n) is 3.47. The highest BCUT2D eigenvalue weighted by molar-refractivity contribution is 7.89. The van der Waals surface area contributed by atoms with Crippen LogP contribution in [0.15, 0.2) is 59.5 Å². The van der Waals surface area contributed by atoms with Crippen LogP contribution in [0.1, 0.15) is 18.4 Å². The van der Waals surface area contributed by atoms with Crippen LogP contribution < -0.4 is 10.0 Å². The van der Waals surface area contributed by atoms with Gasteiger partial charge < -0.3 is 15.0 Å². The number of halogens is 1. The first kappa shape index (κ1) is 25.2. The van der Waals surface area contributed by atoms with E-state index in [9.17, 15) is 18.0 Å². The summed E-state index contributed by atoms with van der Waals surface area (Å²) in [5, 5.41) is 3.23. The first-order valence-electron chi connectivity index (χ1n) is 10.8. The van der Waals surface area contributed by atoms with Crippen LogP contribution in [0, 0.1) is 0 Å². The van der Waals surface area contributed by atoms with E-state index < -0.39 is 22.5 Å². The van der Waals surface area contributed by atoms with Crippen LogP contribution in [0.4, 0.5) is 0 Å². The van der Waals surface area contributed by atoms with E-state index in [1.165, 1.54) is 29.2 Å². The number of hydrogen-bond donors (Lipinski definition) is 2. The zero-order chi connectivity index (χ0) is 23.7. The van der Waals surface area contributed by atoms with E-state index in [4.69, 9.17) is 16.3 Å². The molecule has 1 aliphatic heterocycles. The molecule has 1 atom stereocenters. The highest BCUT2D eigenvalue weighted by atomic mass is 35.5. The van der Waals surface area contributed by atoms with Gasteiger partial charge in [0.05, 0.1) is 24.1 Å². The van der Waals surface area contributed by atoms with Crippen molar-refractivity contribution in [2.45, 2.75) is 30.3 Å². The number of nitrogens with zero attached hydrogens (tertiary/aromatic N) is 1. The molecular formula is C23H28ClN3O5S. The molecule has 2 aromatic carbocycles. The van der Waals surface area contributed by atoms with Crippen LogP contribution in [0.3, 0.4) is 0 Å². The quantitative estimate of drug-likeness (QED) is 0.498. The zero-order valence-electron chi connectivity index (χ0n) is 18.2. The molecule has 0 aromatic heterocycles. The number of nitrogens with one attached hydrogen (secondary N) is 2. The fourth-order valence-corrected chi connectivity index (χ4v) is 4.58. The fraction of sp³-hybridized carbons (Fsp3) is 0.391. The second-order valence-corrected chi connectivity index (χ2v) is 9.98. The Hall–Kier alpha value is -2.46. The Labute approximate surface area is 199 Å². The predicted molar refractivity (Wildman–Crippen MR) is 125 cm³/mol. The minimum Gasteiger partial charge on any atom is -0.376 e. The number of hydrogen-bond acceptors (Lipinski definition) is 5. The smallest absolute Gasteiger partial charge is 0.241 e. The number of amides is 2. The number of carbonyl (C=O) groups is 2. The van der Waals surface area contributed by atoms with Gasteiger partial charge in [-0.3, -0.25) is 9.59 Å². The van der Waals surface area contributed by atoms with E-state index in [2.05, 4.69) is 10.0 Å². The van der Waals surface area contributed by atoms with Gasteiger partial charge in [-0.05, 0) is 49.1 Å². The largest absolute Gasteiger partial charge is 0.376 e. The number of carbonyl (C=O) groups excluding carboxylic acids is 2. The van der Waals surface area contributed by atoms with Gasteiger partial charge in [0.1, 0.15) is 0 Å². The van der Waals surface area contributed by atoms with Gasteiger partial charge in [-0.15, -0.1) is 0 Å². The summed E-state index contributed by atoms with van der Waals surface area (Å²) in [6, 6.07) is 15.4. The monoisotopic (exact) mass is 493 g/mol. The summed E-state index contributed by atoms with van der Waals surface area (Å²) in [6.45, 7) is 0.645. The number of benzene rings is 2. The van der Waals surface area contributed by atoms with Gasteiger partial charge in [-0.1, -0.05) is 41.9 Å². The molecule has 0 saturated carbocycles. The Morgan fingerprint density at radius 2 is 1.82 bits per heavy atom. The molecule has 2 N–H and O–H groups in total. The summed E-state index contributed by atoms with van der Waals surface area (Å²) in [7, 11) is -3.89. The van der Waals surface area contributed by atoms with E-state index >= 15 is 0 Å². The van der Waals surface area contributed by atoms with Crippen LogP contribution in [0.25, 0.3) is 0 Å². The Morgan fingerprint density at radius 1 is 1.09 bits per heavy atom. The van der Waals surface area contributed by atoms with E-state index in [1.807, 2.05) is 30.3 Å². The normalized spacial score (nSPS) is 15.8. The second kappa shape index (κ2) is 12.1. The topological polar surface area (TPSA) is 105 Å². The maximum absolute atomic E-state index is 12.8. The van der Waals surface area contributed by atoms with E-state index in [-0.39, 0.29) is 30.0 Å². The molecule has 10 heteroatoms. The molecule has 1 fully saturated rings. The van der Waals surface area contributed by atoms with E-state index in [0.29, 0.717) is 24.6 Å². The molecule has 0 spiro atoms. The van der Waals surface area contributed by atoms with Crippen molar-refractivity contribution in [3.8, 4) is 0 Å². The van der Waals surface area contributed by atoms with Crippen molar-refractivity contribution in [1.29, 1.82) is 0 Å². The molecule has 1 aliphatic rings. The summed E-state index contributed by atoms with van der Waals surface area (Å²) in [4.78, 5) is 26.7. The third-order valence-corrected chi connectivity index (χ3v) is 6.92. The molecule has 1 saturated heterocycles. The summed E-state index contributed by atoms with van der Waals surface area (Å²) in [5.74, 6) is -0.806. The van der Waals surface area contributed by atoms with Crippen LogP contribution in [-0.2, 0) is 30.8 Å². The average molecular weight is 494 g/mol. The van der Waals surface area contributed by atoms with Gasteiger partial charge >= 0.3 is 0 Å². The first-order chi connectivity index (χ1) is 15.8.